The molecule has 0 aromatic carbocycles. The van der Waals surface area contributed by atoms with Crippen molar-refractivity contribution in [2.75, 3.05) is 33.0 Å². The fourth-order valence-corrected chi connectivity index (χ4v) is 8.50. The second-order valence-corrected chi connectivity index (χ2v) is 19.2. The molecule has 3 N–H and O–H groups in total. The molecule has 0 saturated carbocycles. The zero-order valence-electron chi connectivity index (χ0n) is 40.4. The van der Waals surface area contributed by atoms with Gasteiger partial charge < -0.3 is 20.1 Å². The summed E-state index contributed by atoms with van der Waals surface area (Å²) in [5.41, 5.74) is 5.39. The Labute approximate surface area is 378 Å². The number of hydrogen-bond acceptors (Lipinski definition) is 7. The molecule has 0 spiro atoms. The van der Waals surface area contributed by atoms with Gasteiger partial charge in [0.15, 0.2) is 0 Å². The molecule has 0 bridgehead atoms. The summed E-state index contributed by atoms with van der Waals surface area (Å²) < 4.78 is 33.6. The Hall–Kier alpha value is -1.02. The van der Waals surface area contributed by atoms with Gasteiger partial charge in [0.05, 0.1) is 19.8 Å². The van der Waals surface area contributed by atoms with Gasteiger partial charge in [0, 0.05) is 19.6 Å². The van der Waals surface area contributed by atoms with Crippen LogP contribution in [0.1, 0.15) is 264 Å². The van der Waals surface area contributed by atoms with Crippen molar-refractivity contribution in [3.8, 4) is 0 Å². The number of phosphoric ester groups is 1. The molecule has 61 heavy (non-hydrogen) atoms. The average Bonchev–Trinajstić information content (AvgIpc) is 3.25. The van der Waals surface area contributed by atoms with Crippen LogP contribution in [0, 0.1) is 0 Å². The van der Waals surface area contributed by atoms with Gasteiger partial charge in [-0.1, -0.05) is 237 Å². The van der Waals surface area contributed by atoms with Crippen molar-refractivity contribution in [1.82, 2.24) is 0 Å². The van der Waals surface area contributed by atoms with Gasteiger partial charge in [0.2, 0.25) is 0 Å². The normalized spacial score (nSPS) is 13.4. The second kappa shape index (κ2) is 50.0. The van der Waals surface area contributed by atoms with E-state index in [4.69, 9.17) is 24.3 Å². The average molecular weight is 884 g/mol. The highest BCUT2D eigenvalue weighted by molar-refractivity contribution is 7.47. The van der Waals surface area contributed by atoms with Gasteiger partial charge in [0.25, 0.3) is 0 Å². The van der Waals surface area contributed by atoms with Gasteiger partial charge in [-0.05, 0) is 44.9 Å². The molecule has 0 aromatic rings. The van der Waals surface area contributed by atoms with Crippen LogP contribution >= 0.6 is 7.82 Å². The molecule has 0 heterocycles. The Balaban J connectivity index is 3.88. The van der Waals surface area contributed by atoms with Crippen molar-refractivity contribution in [2.45, 2.75) is 270 Å². The van der Waals surface area contributed by atoms with Crippen LogP contribution in [0.25, 0.3) is 0 Å². The maximum absolute atomic E-state index is 12.7. The van der Waals surface area contributed by atoms with Crippen molar-refractivity contribution in [3.63, 3.8) is 0 Å². The summed E-state index contributed by atoms with van der Waals surface area (Å²) >= 11 is 0. The predicted octanol–water partition coefficient (Wildman–Crippen LogP) is 16.4. The van der Waals surface area contributed by atoms with Gasteiger partial charge in [-0.2, -0.15) is 0 Å². The Kier molecular flexibility index (Phi) is 49.2. The number of phosphoric acid groups is 1. The molecule has 362 valence electrons. The number of allylic oxidation sites excluding steroid dienone is 4. The first kappa shape index (κ1) is 60.0. The van der Waals surface area contributed by atoms with Gasteiger partial charge in [-0.15, -0.1) is 0 Å². The highest BCUT2D eigenvalue weighted by Crippen LogP contribution is 2.43. The van der Waals surface area contributed by atoms with Gasteiger partial charge in [-0.3, -0.25) is 13.8 Å². The van der Waals surface area contributed by atoms with E-state index in [9.17, 15) is 14.3 Å². The lowest BCUT2D eigenvalue weighted by molar-refractivity contribution is -0.154. The Morgan fingerprint density at radius 1 is 0.492 bits per heavy atom. The number of hydrogen-bond donors (Lipinski definition) is 2. The van der Waals surface area contributed by atoms with E-state index < -0.39 is 13.9 Å². The molecule has 0 amide bonds. The zero-order chi connectivity index (χ0) is 44.4. The fraction of sp³-hybridized carbons (Fsp3) is 0.904. The molecule has 0 saturated heterocycles. The van der Waals surface area contributed by atoms with E-state index in [-0.39, 0.29) is 32.3 Å². The zero-order valence-corrected chi connectivity index (χ0v) is 41.3. The third-order valence-corrected chi connectivity index (χ3v) is 12.6. The van der Waals surface area contributed by atoms with Crippen molar-refractivity contribution in [1.29, 1.82) is 0 Å². The van der Waals surface area contributed by atoms with E-state index >= 15 is 0 Å². The number of nitrogens with two attached hydrogens (primary N) is 1. The smallest absolute Gasteiger partial charge is 0.457 e. The summed E-state index contributed by atoms with van der Waals surface area (Å²) in [6.07, 6.45) is 57.8. The number of unbranched alkanes of at least 4 members (excludes halogenated alkanes) is 34. The van der Waals surface area contributed by atoms with Crippen LogP contribution in [0.2, 0.25) is 0 Å². The molecule has 0 aliphatic carbocycles. The minimum atomic E-state index is -4.28. The summed E-state index contributed by atoms with van der Waals surface area (Å²) in [4.78, 5) is 22.6. The first-order valence-electron chi connectivity index (χ1n) is 26.3. The number of rotatable bonds is 51. The van der Waals surface area contributed by atoms with Gasteiger partial charge >= 0.3 is 13.8 Å². The highest BCUT2D eigenvalue weighted by atomic mass is 31.2. The highest BCUT2D eigenvalue weighted by Gasteiger charge is 2.25. The van der Waals surface area contributed by atoms with E-state index in [1.807, 2.05) is 0 Å². The summed E-state index contributed by atoms with van der Waals surface area (Å²) in [5.74, 6) is -0.325. The minimum absolute atomic E-state index is 0.0926. The van der Waals surface area contributed by atoms with Crippen molar-refractivity contribution in [2.24, 2.45) is 5.73 Å². The van der Waals surface area contributed by atoms with E-state index in [1.54, 1.807) is 0 Å². The minimum Gasteiger partial charge on any atom is -0.457 e. The summed E-state index contributed by atoms with van der Waals surface area (Å²) in [5, 5.41) is 0. The molecule has 0 rings (SSSR count). The quantitative estimate of drug-likeness (QED) is 0.0268. The molecular formula is C52H102NO7P. The summed E-state index contributed by atoms with van der Waals surface area (Å²) in [6, 6.07) is 0. The Bertz CT molecular complexity index is 993. The number of carbonyl (C=O) groups excluding carboxylic acids is 1. The Morgan fingerprint density at radius 3 is 1.28 bits per heavy atom. The molecule has 0 aromatic heterocycles. The van der Waals surface area contributed by atoms with E-state index in [2.05, 4.69) is 38.2 Å². The maximum Gasteiger partial charge on any atom is 0.472 e. The molecule has 9 heteroatoms. The molecule has 2 unspecified atom stereocenters. The van der Waals surface area contributed by atoms with Crippen LogP contribution in [-0.4, -0.2) is 49.9 Å². The standard InChI is InChI=1S/C52H102NO7P/c1-3-5-7-9-11-13-15-17-19-21-22-23-24-25-26-27-28-29-31-33-35-37-39-41-43-45-52(54)60-51(50-59-61(55,56)58-48-46-53)49-57-47-44-42-40-38-36-34-32-30-20-18-16-14-12-10-8-6-4-2/h15,17,21-22,51H,3-14,16,18-20,23-50,53H2,1-2H3,(H,55,56)/b17-15-,22-21-. The SMILES string of the molecule is CCCCCCC/C=C\C/C=C\CCCCCCCCCCCCCCCC(=O)OC(COCCCCCCCCCCCCCCCCCCC)COP(=O)(O)OCCN. The monoisotopic (exact) mass is 884 g/mol. The topological polar surface area (TPSA) is 117 Å². The van der Waals surface area contributed by atoms with Gasteiger partial charge in [-0.25, -0.2) is 4.57 Å². The Morgan fingerprint density at radius 2 is 0.869 bits per heavy atom. The molecule has 0 aliphatic heterocycles. The molecule has 2 atom stereocenters. The molecule has 8 nitrogen and oxygen atoms in total. The van der Waals surface area contributed by atoms with Crippen molar-refractivity contribution in [3.05, 3.63) is 24.3 Å². The van der Waals surface area contributed by atoms with Crippen LogP contribution < -0.4 is 5.73 Å². The van der Waals surface area contributed by atoms with Crippen LogP contribution in [0.4, 0.5) is 0 Å². The van der Waals surface area contributed by atoms with Gasteiger partial charge in [0.1, 0.15) is 6.10 Å². The number of esters is 1. The van der Waals surface area contributed by atoms with Crippen molar-refractivity contribution >= 4 is 13.8 Å². The lowest BCUT2D eigenvalue weighted by atomic mass is 10.0. The van der Waals surface area contributed by atoms with Crippen molar-refractivity contribution < 1.29 is 32.8 Å². The number of ether oxygens (including phenoxy) is 2. The third kappa shape index (κ3) is 49.8. The van der Waals surface area contributed by atoms with Crippen LogP contribution in [0.3, 0.4) is 0 Å². The van der Waals surface area contributed by atoms with E-state index in [1.165, 1.54) is 205 Å². The maximum atomic E-state index is 12.7. The predicted molar refractivity (Wildman–Crippen MR) is 261 cm³/mol. The largest absolute Gasteiger partial charge is 0.472 e. The number of carbonyl (C=O) groups is 1. The first-order valence-corrected chi connectivity index (χ1v) is 27.8. The second-order valence-electron chi connectivity index (χ2n) is 17.7. The molecular weight excluding hydrogens is 782 g/mol. The van der Waals surface area contributed by atoms with Crippen LogP contribution in [0.5, 0.6) is 0 Å². The first-order chi connectivity index (χ1) is 29.9. The lowest BCUT2D eigenvalue weighted by Crippen LogP contribution is -2.28. The fourth-order valence-electron chi connectivity index (χ4n) is 7.74. The lowest BCUT2D eigenvalue weighted by Gasteiger charge is -2.20. The van der Waals surface area contributed by atoms with E-state index in [0.717, 1.165) is 38.5 Å². The third-order valence-electron chi connectivity index (χ3n) is 11.6. The van der Waals surface area contributed by atoms with Crippen LogP contribution in [-0.2, 0) is 27.9 Å². The molecule has 0 fully saturated rings. The van der Waals surface area contributed by atoms with Crippen LogP contribution in [0.15, 0.2) is 24.3 Å². The summed E-state index contributed by atoms with van der Waals surface area (Å²) in [6.45, 7) is 4.97. The van der Waals surface area contributed by atoms with E-state index in [0.29, 0.717) is 13.0 Å². The molecule has 0 radical (unpaired) electrons. The summed E-state index contributed by atoms with van der Waals surface area (Å²) in [7, 11) is -4.28. The molecule has 0 aliphatic rings.